The second-order valence-electron chi connectivity index (χ2n) is 4.92. The number of nitro groups is 1. The van der Waals surface area contributed by atoms with Gasteiger partial charge in [0.15, 0.2) is 0 Å². The highest BCUT2D eigenvalue weighted by molar-refractivity contribution is 5.99. The van der Waals surface area contributed by atoms with Crippen molar-refractivity contribution in [2.45, 2.75) is 19.4 Å². The van der Waals surface area contributed by atoms with E-state index in [9.17, 15) is 14.9 Å². The van der Waals surface area contributed by atoms with E-state index >= 15 is 0 Å². The first-order valence-corrected chi connectivity index (χ1v) is 6.91. The summed E-state index contributed by atoms with van der Waals surface area (Å²) >= 11 is 0. The van der Waals surface area contributed by atoms with Crippen LogP contribution in [-0.2, 0) is 4.74 Å². The van der Waals surface area contributed by atoms with Crippen molar-refractivity contribution < 1.29 is 14.5 Å². The van der Waals surface area contributed by atoms with Gasteiger partial charge in [-0.25, -0.2) is 0 Å². The van der Waals surface area contributed by atoms with Crippen molar-refractivity contribution in [3.63, 3.8) is 0 Å². The zero-order valence-electron chi connectivity index (χ0n) is 12.2. The first kappa shape index (κ1) is 15.2. The third-order valence-electron chi connectivity index (χ3n) is 3.57. The second-order valence-corrected chi connectivity index (χ2v) is 4.92. The molecule has 1 aliphatic heterocycles. The molecule has 1 N–H and O–H groups in total. The molecule has 1 amide bonds. The largest absolute Gasteiger partial charge is 0.385 e. The number of ether oxygens (including phenoxy) is 1. The quantitative estimate of drug-likeness (QED) is 0.662. The Balaban J connectivity index is 2.29. The zero-order valence-corrected chi connectivity index (χ0v) is 12.2. The summed E-state index contributed by atoms with van der Waals surface area (Å²) in [6.45, 7) is 3.63. The van der Waals surface area contributed by atoms with E-state index in [0.29, 0.717) is 25.3 Å². The van der Waals surface area contributed by atoms with Crippen molar-refractivity contribution in [3.05, 3.63) is 33.9 Å². The lowest BCUT2D eigenvalue weighted by Gasteiger charge is -2.17. The van der Waals surface area contributed by atoms with Crippen LogP contribution in [0.25, 0.3) is 0 Å². The molecule has 1 unspecified atom stereocenters. The summed E-state index contributed by atoms with van der Waals surface area (Å²) < 4.78 is 5.23. The highest BCUT2D eigenvalue weighted by Crippen LogP contribution is 2.26. The first-order chi connectivity index (χ1) is 10.1. The van der Waals surface area contributed by atoms with E-state index in [2.05, 4.69) is 5.32 Å². The molecule has 1 fully saturated rings. The van der Waals surface area contributed by atoms with Gasteiger partial charge in [0, 0.05) is 38.5 Å². The van der Waals surface area contributed by atoms with Gasteiger partial charge >= 0.3 is 0 Å². The predicted molar refractivity (Wildman–Crippen MR) is 78.6 cm³/mol. The standard InChI is InChI=1S/C14H19N3O4/c1-3-15-10-4-5-13(17(19)20)12(8-10)14(18)16-7-6-11(9-16)21-2/h4-5,8,11,15H,3,6-7,9H2,1-2H3. The molecule has 114 valence electrons. The van der Waals surface area contributed by atoms with Gasteiger partial charge in [0.2, 0.25) is 0 Å². The number of anilines is 1. The van der Waals surface area contributed by atoms with Crippen LogP contribution >= 0.6 is 0 Å². The predicted octanol–water partition coefficient (Wildman–Crippen LogP) is 1.89. The fourth-order valence-electron chi connectivity index (χ4n) is 2.46. The summed E-state index contributed by atoms with van der Waals surface area (Å²) in [5.41, 5.74) is 0.659. The summed E-state index contributed by atoms with van der Waals surface area (Å²) in [5, 5.41) is 14.2. The highest BCUT2D eigenvalue weighted by Gasteiger charge is 2.30. The number of carbonyl (C=O) groups is 1. The molecular formula is C14H19N3O4. The van der Waals surface area contributed by atoms with E-state index < -0.39 is 4.92 Å². The lowest BCUT2D eigenvalue weighted by atomic mass is 10.1. The zero-order chi connectivity index (χ0) is 15.4. The van der Waals surface area contributed by atoms with Crippen LogP contribution in [0.15, 0.2) is 18.2 Å². The number of rotatable bonds is 5. The summed E-state index contributed by atoms with van der Waals surface area (Å²) in [4.78, 5) is 24.7. The number of hydrogen-bond donors (Lipinski definition) is 1. The van der Waals surface area contributed by atoms with Gasteiger partial charge in [0.25, 0.3) is 11.6 Å². The van der Waals surface area contributed by atoms with Crippen molar-refractivity contribution >= 4 is 17.3 Å². The van der Waals surface area contributed by atoms with Gasteiger partial charge in [-0.2, -0.15) is 0 Å². The van der Waals surface area contributed by atoms with Gasteiger partial charge in [0.1, 0.15) is 5.56 Å². The minimum absolute atomic E-state index is 0.00459. The van der Waals surface area contributed by atoms with Gasteiger partial charge in [0.05, 0.1) is 11.0 Å². The van der Waals surface area contributed by atoms with Crippen LogP contribution in [0, 0.1) is 10.1 Å². The fourth-order valence-corrected chi connectivity index (χ4v) is 2.46. The van der Waals surface area contributed by atoms with E-state index in [4.69, 9.17) is 4.74 Å². The number of benzene rings is 1. The van der Waals surface area contributed by atoms with Gasteiger partial charge in [-0.1, -0.05) is 0 Å². The van der Waals surface area contributed by atoms with Crippen LogP contribution in [0.2, 0.25) is 0 Å². The molecule has 7 nitrogen and oxygen atoms in total. The number of nitrogens with one attached hydrogen (secondary N) is 1. The van der Waals surface area contributed by atoms with Crippen molar-refractivity contribution in [1.82, 2.24) is 4.90 Å². The lowest BCUT2D eigenvalue weighted by molar-refractivity contribution is -0.385. The summed E-state index contributed by atoms with van der Waals surface area (Å²) in [7, 11) is 1.60. The number of methoxy groups -OCH3 is 1. The van der Waals surface area contributed by atoms with Crippen LogP contribution in [0.1, 0.15) is 23.7 Å². The Morgan fingerprint density at radius 1 is 1.57 bits per heavy atom. The van der Waals surface area contributed by atoms with E-state index in [1.807, 2.05) is 6.92 Å². The minimum Gasteiger partial charge on any atom is -0.385 e. The molecule has 0 saturated carbocycles. The molecule has 1 aromatic carbocycles. The molecule has 1 heterocycles. The molecule has 0 bridgehead atoms. The Bertz CT molecular complexity index is 547. The Morgan fingerprint density at radius 3 is 2.90 bits per heavy atom. The van der Waals surface area contributed by atoms with E-state index in [1.165, 1.54) is 6.07 Å². The normalized spacial score (nSPS) is 17.8. The molecule has 1 aromatic rings. The third-order valence-corrected chi connectivity index (χ3v) is 3.57. The summed E-state index contributed by atoms with van der Waals surface area (Å²) in [6.07, 6.45) is 0.758. The Labute approximate surface area is 123 Å². The number of carbonyl (C=O) groups excluding carboxylic acids is 1. The van der Waals surface area contributed by atoms with Crippen LogP contribution < -0.4 is 5.32 Å². The maximum absolute atomic E-state index is 12.5. The smallest absolute Gasteiger partial charge is 0.282 e. The molecule has 0 aromatic heterocycles. The number of likely N-dealkylation sites (tertiary alicyclic amines) is 1. The molecule has 0 radical (unpaired) electrons. The topological polar surface area (TPSA) is 84.7 Å². The molecule has 2 rings (SSSR count). The summed E-state index contributed by atoms with van der Waals surface area (Å²) in [6, 6.07) is 4.53. The molecule has 7 heteroatoms. The maximum atomic E-state index is 12.5. The second kappa shape index (κ2) is 6.53. The van der Waals surface area contributed by atoms with Crippen molar-refractivity contribution in [2.75, 3.05) is 32.1 Å². The maximum Gasteiger partial charge on any atom is 0.282 e. The monoisotopic (exact) mass is 293 g/mol. The molecule has 0 aliphatic carbocycles. The van der Waals surface area contributed by atoms with Crippen LogP contribution in [0.4, 0.5) is 11.4 Å². The average molecular weight is 293 g/mol. The number of hydrogen-bond acceptors (Lipinski definition) is 5. The van der Waals surface area contributed by atoms with Crippen molar-refractivity contribution in [3.8, 4) is 0 Å². The Kier molecular flexibility index (Phi) is 4.74. The summed E-state index contributed by atoms with van der Waals surface area (Å²) in [5.74, 6) is -0.319. The highest BCUT2D eigenvalue weighted by atomic mass is 16.6. The SMILES string of the molecule is CCNc1ccc([N+](=O)[O-])c(C(=O)N2CCC(OC)C2)c1. The van der Waals surface area contributed by atoms with E-state index in [-0.39, 0.29) is 23.3 Å². The molecule has 21 heavy (non-hydrogen) atoms. The molecule has 1 atom stereocenters. The number of nitro benzene ring substituents is 1. The molecule has 1 saturated heterocycles. The first-order valence-electron chi connectivity index (χ1n) is 6.91. The van der Waals surface area contributed by atoms with Gasteiger partial charge < -0.3 is 15.0 Å². The fraction of sp³-hybridized carbons (Fsp3) is 0.500. The van der Waals surface area contributed by atoms with Crippen molar-refractivity contribution in [2.24, 2.45) is 0 Å². The lowest BCUT2D eigenvalue weighted by Crippen LogP contribution is -2.30. The van der Waals surface area contributed by atoms with E-state index in [1.54, 1.807) is 24.1 Å². The molecule has 0 spiro atoms. The van der Waals surface area contributed by atoms with E-state index in [0.717, 1.165) is 6.42 Å². The van der Waals surface area contributed by atoms with Gasteiger partial charge in [-0.05, 0) is 25.5 Å². The number of nitrogens with zero attached hydrogens (tertiary/aromatic N) is 2. The molecular weight excluding hydrogens is 274 g/mol. The Hall–Kier alpha value is -2.15. The van der Waals surface area contributed by atoms with Crippen LogP contribution in [-0.4, -0.2) is 48.6 Å². The van der Waals surface area contributed by atoms with Crippen molar-refractivity contribution in [1.29, 1.82) is 0 Å². The average Bonchev–Trinajstić information content (AvgIpc) is 2.95. The third kappa shape index (κ3) is 3.30. The minimum atomic E-state index is -0.521. The molecule has 1 aliphatic rings. The number of amides is 1. The van der Waals surface area contributed by atoms with Gasteiger partial charge in [-0.3, -0.25) is 14.9 Å². The van der Waals surface area contributed by atoms with Gasteiger partial charge in [-0.15, -0.1) is 0 Å². The van der Waals surface area contributed by atoms with Crippen LogP contribution in [0.3, 0.4) is 0 Å². The van der Waals surface area contributed by atoms with Crippen LogP contribution in [0.5, 0.6) is 0 Å². The Morgan fingerprint density at radius 2 is 2.33 bits per heavy atom.